The molecule has 0 radical (unpaired) electrons. The van der Waals surface area contributed by atoms with Gasteiger partial charge in [-0.1, -0.05) is 0 Å². The third kappa shape index (κ3) is 2.87. The first-order valence-corrected chi connectivity index (χ1v) is 4.63. The van der Waals surface area contributed by atoms with Gasteiger partial charge in [0.1, 0.15) is 11.5 Å². The summed E-state index contributed by atoms with van der Waals surface area (Å²) in [5.74, 6) is -0.179. The largest absolute Gasteiger partial charge is 0.508 e. The van der Waals surface area contributed by atoms with Crippen LogP contribution >= 0.6 is 0 Å². The normalized spacial score (nSPS) is 10.0. The average molecular weight is 210 g/mol. The summed E-state index contributed by atoms with van der Waals surface area (Å²) in [5, 5.41) is 17.9. The van der Waals surface area contributed by atoms with Crippen molar-refractivity contribution in [3.63, 3.8) is 0 Å². The summed E-state index contributed by atoms with van der Waals surface area (Å²) >= 11 is 0. The van der Waals surface area contributed by atoms with Crippen molar-refractivity contribution in [2.24, 2.45) is 0 Å². The number of rotatable bonds is 4. The third-order valence-electron chi connectivity index (χ3n) is 2.23. The average Bonchev–Trinajstić information content (AvgIpc) is 2.14. The third-order valence-corrected chi connectivity index (χ3v) is 2.23. The van der Waals surface area contributed by atoms with Crippen molar-refractivity contribution in [1.29, 1.82) is 0 Å². The summed E-state index contributed by atoms with van der Waals surface area (Å²) < 4.78 is 5.09. The fourth-order valence-electron chi connectivity index (χ4n) is 1.50. The van der Waals surface area contributed by atoms with Crippen LogP contribution in [0, 0.1) is 6.92 Å². The van der Waals surface area contributed by atoms with Crippen molar-refractivity contribution in [1.82, 2.24) is 0 Å². The summed E-state index contributed by atoms with van der Waals surface area (Å²) in [6.07, 6.45) is 0.465. The monoisotopic (exact) mass is 210 g/mol. The number of ether oxygens (including phenoxy) is 1. The highest BCUT2D eigenvalue weighted by Crippen LogP contribution is 2.28. The number of carbonyl (C=O) groups is 1. The van der Waals surface area contributed by atoms with Gasteiger partial charge in [0.25, 0.3) is 0 Å². The Balaban J connectivity index is 2.98. The van der Waals surface area contributed by atoms with Gasteiger partial charge in [-0.3, -0.25) is 4.79 Å². The molecule has 0 aliphatic rings. The summed E-state index contributed by atoms with van der Waals surface area (Å²) in [7, 11) is 1.50. The summed E-state index contributed by atoms with van der Waals surface area (Å²) in [6.45, 7) is 1.82. The molecule has 4 heteroatoms. The van der Waals surface area contributed by atoms with Crippen molar-refractivity contribution >= 4 is 5.97 Å². The minimum absolute atomic E-state index is 0.0575. The van der Waals surface area contributed by atoms with Crippen LogP contribution in [-0.2, 0) is 11.2 Å². The predicted octanol–water partition coefficient (Wildman–Crippen LogP) is 1.73. The maximum Gasteiger partial charge on any atom is 0.303 e. The molecule has 0 fully saturated rings. The Hall–Kier alpha value is -1.71. The van der Waals surface area contributed by atoms with E-state index in [1.165, 1.54) is 13.2 Å². The number of carboxylic acid groups (broad SMARTS) is 1. The van der Waals surface area contributed by atoms with Crippen molar-refractivity contribution in [2.75, 3.05) is 7.11 Å². The lowest BCUT2D eigenvalue weighted by atomic mass is 10.0. The maximum atomic E-state index is 10.5. The van der Waals surface area contributed by atoms with Crippen LogP contribution in [0.2, 0.25) is 0 Å². The van der Waals surface area contributed by atoms with Gasteiger partial charge < -0.3 is 14.9 Å². The molecular formula is C11H14O4. The Kier molecular flexibility index (Phi) is 3.55. The molecule has 0 aliphatic heterocycles. The van der Waals surface area contributed by atoms with E-state index in [4.69, 9.17) is 9.84 Å². The second kappa shape index (κ2) is 4.68. The molecule has 1 rings (SSSR count). The number of hydrogen-bond donors (Lipinski definition) is 2. The quantitative estimate of drug-likeness (QED) is 0.794. The van der Waals surface area contributed by atoms with Crippen molar-refractivity contribution in [3.05, 3.63) is 23.3 Å². The molecule has 0 aromatic heterocycles. The minimum Gasteiger partial charge on any atom is -0.508 e. The van der Waals surface area contributed by atoms with Crippen LogP contribution in [0.3, 0.4) is 0 Å². The lowest BCUT2D eigenvalue weighted by molar-refractivity contribution is -0.136. The molecule has 0 atom stereocenters. The number of benzene rings is 1. The topological polar surface area (TPSA) is 66.8 Å². The molecule has 0 bridgehead atoms. The lowest BCUT2D eigenvalue weighted by Crippen LogP contribution is -2.01. The Labute approximate surface area is 88.1 Å². The molecule has 0 heterocycles. The Morgan fingerprint density at radius 2 is 2.13 bits per heavy atom. The van der Waals surface area contributed by atoms with Crippen LogP contribution in [0.4, 0.5) is 0 Å². The summed E-state index contributed by atoms with van der Waals surface area (Å²) in [4.78, 5) is 10.5. The molecule has 0 aliphatic carbocycles. The highest BCUT2D eigenvalue weighted by Gasteiger charge is 2.10. The van der Waals surface area contributed by atoms with Gasteiger partial charge in [0, 0.05) is 12.5 Å². The first-order chi connectivity index (χ1) is 7.04. The Morgan fingerprint density at radius 3 is 2.67 bits per heavy atom. The molecule has 0 amide bonds. The molecule has 1 aromatic carbocycles. The van der Waals surface area contributed by atoms with Gasteiger partial charge in [-0.2, -0.15) is 0 Å². The zero-order valence-electron chi connectivity index (χ0n) is 8.78. The molecule has 2 N–H and O–H groups in total. The smallest absolute Gasteiger partial charge is 0.303 e. The first kappa shape index (κ1) is 11.4. The van der Waals surface area contributed by atoms with E-state index >= 15 is 0 Å². The SMILES string of the molecule is COc1cc(O)cc(C)c1CCC(=O)O. The van der Waals surface area contributed by atoms with Gasteiger partial charge in [0.15, 0.2) is 0 Å². The number of aliphatic carboxylic acids is 1. The number of carboxylic acids is 1. The van der Waals surface area contributed by atoms with E-state index in [-0.39, 0.29) is 12.2 Å². The maximum absolute atomic E-state index is 10.5. The van der Waals surface area contributed by atoms with Crippen molar-refractivity contribution < 1.29 is 19.7 Å². The molecule has 0 saturated heterocycles. The van der Waals surface area contributed by atoms with Crippen LogP contribution in [-0.4, -0.2) is 23.3 Å². The number of phenols is 1. The Morgan fingerprint density at radius 1 is 1.47 bits per heavy atom. The fraction of sp³-hybridized carbons (Fsp3) is 0.364. The lowest BCUT2D eigenvalue weighted by Gasteiger charge is -2.11. The van der Waals surface area contributed by atoms with Gasteiger partial charge in [-0.05, 0) is 30.5 Å². The highest BCUT2D eigenvalue weighted by atomic mass is 16.5. The number of aromatic hydroxyl groups is 1. The van der Waals surface area contributed by atoms with Crippen LogP contribution in [0.25, 0.3) is 0 Å². The van der Waals surface area contributed by atoms with Crippen LogP contribution < -0.4 is 4.74 Å². The van der Waals surface area contributed by atoms with Crippen molar-refractivity contribution in [2.45, 2.75) is 19.8 Å². The molecular weight excluding hydrogens is 196 g/mol. The van der Waals surface area contributed by atoms with E-state index in [9.17, 15) is 9.90 Å². The molecule has 0 spiro atoms. The highest BCUT2D eigenvalue weighted by molar-refractivity contribution is 5.67. The van der Waals surface area contributed by atoms with Crippen LogP contribution in [0.1, 0.15) is 17.5 Å². The standard InChI is InChI=1S/C11H14O4/c1-7-5-8(12)6-10(15-2)9(7)3-4-11(13)14/h5-6,12H,3-4H2,1-2H3,(H,13,14). The second-order valence-electron chi connectivity index (χ2n) is 3.34. The van der Waals surface area contributed by atoms with Gasteiger partial charge in [-0.15, -0.1) is 0 Å². The van der Waals surface area contributed by atoms with E-state index < -0.39 is 5.97 Å². The zero-order chi connectivity index (χ0) is 11.4. The number of hydrogen-bond acceptors (Lipinski definition) is 3. The number of phenolic OH excluding ortho intramolecular Hbond substituents is 1. The molecule has 1 aromatic rings. The van der Waals surface area contributed by atoms with E-state index in [0.29, 0.717) is 12.2 Å². The second-order valence-corrected chi connectivity index (χ2v) is 3.34. The van der Waals surface area contributed by atoms with E-state index in [1.807, 2.05) is 6.92 Å². The van der Waals surface area contributed by atoms with Gasteiger partial charge >= 0.3 is 5.97 Å². The fourth-order valence-corrected chi connectivity index (χ4v) is 1.50. The summed E-state index contributed by atoms with van der Waals surface area (Å²) in [5.41, 5.74) is 1.67. The molecule has 15 heavy (non-hydrogen) atoms. The van der Waals surface area contributed by atoms with Crippen LogP contribution in [0.15, 0.2) is 12.1 Å². The predicted molar refractivity (Wildman–Crippen MR) is 55.4 cm³/mol. The van der Waals surface area contributed by atoms with E-state index in [1.54, 1.807) is 6.07 Å². The minimum atomic E-state index is -0.843. The van der Waals surface area contributed by atoms with Crippen molar-refractivity contribution in [3.8, 4) is 11.5 Å². The first-order valence-electron chi connectivity index (χ1n) is 4.63. The molecule has 4 nitrogen and oxygen atoms in total. The molecule has 0 saturated carbocycles. The van der Waals surface area contributed by atoms with Gasteiger partial charge in [-0.25, -0.2) is 0 Å². The van der Waals surface area contributed by atoms with Gasteiger partial charge in [0.2, 0.25) is 0 Å². The van der Waals surface area contributed by atoms with E-state index in [0.717, 1.165) is 11.1 Å². The zero-order valence-corrected chi connectivity index (χ0v) is 8.78. The molecule has 0 unspecified atom stereocenters. The van der Waals surface area contributed by atoms with E-state index in [2.05, 4.69) is 0 Å². The summed E-state index contributed by atoms with van der Waals surface area (Å²) in [6, 6.07) is 3.09. The number of methoxy groups -OCH3 is 1. The number of aryl methyl sites for hydroxylation is 1. The van der Waals surface area contributed by atoms with Crippen LogP contribution in [0.5, 0.6) is 11.5 Å². The Bertz CT molecular complexity index is 371. The van der Waals surface area contributed by atoms with Gasteiger partial charge in [0.05, 0.1) is 7.11 Å². The molecule has 82 valence electrons.